The van der Waals surface area contributed by atoms with Gasteiger partial charge in [0.05, 0.1) is 17.3 Å². The summed E-state index contributed by atoms with van der Waals surface area (Å²) in [5, 5.41) is 3.67. The van der Waals surface area contributed by atoms with Crippen molar-refractivity contribution in [3.8, 4) is 5.69 Å². The standard InChI is InChI=1S/C24H27ClN4O2/c1-17-22(24(31)29(27(17)2)20-11-4-3-5-12-20)26-23(30)19-10-8-14-28(16-19)15-18-9-6-7-13-21(18)25/h3-7,9,11-13,19H,8,10,14-16H2,1-2H3,(H,26,30). The summed E-state index contributed by atoms with van der Waals surface area (Å²) in [5.41, 5.74) is 2.69. The molecule has 1 saturated heterocycles. The van der Waals surface area contributed by atoms with Gasteiger partial charge in [0.1, 0.15) is 5.69 Å². The third-order valence-electron chi connectivity index (χ3n) is 6.03. The number of carbonyl (C=O) groups excluding carboxylic acids is 1. The molecule has 1 amide bonds. The van der Waals surface area contributed by atoms with E-state index in [9.17, 15) is 9.59 Å². The van der Waals surface area contributed by atoms with Crippen LogP contribution in [0, 0.1) is 12.8 Å². The van der Waals surface area contributed by atoms with Crippen LogP contribution in [0.15, 0.2) is 59.4 Å². The first kappa shape index (κ1) is 21.4. The number of nitrogens with zero attached hydrogens (tertiary/aromatic N) is 3. The summed E-state index contributed by atoms with van der Waals surface area (Å²) in [7, 11) is 1.82. The van der Waals surface area contributed by atoms with Crippen molar-refractivity contribution in [2.45, 2.75) is 26.3 Å². The molecular formula is C24H27ClN4O2. The van der Waals surface area contributed by atoms with Gasteiger partial charge in [0.15, 0.2) is 0 Å². The Morgan fingerprint density at radius 3 is 2.58 bits per heavy atom. The van der Waals surface area contributed by atoms with Crippen molar-refractivity contribution in [2.24, 2.45) is 13.0 Å². The minimum atomic E-state index is -0.219. The maximum atomic E-state index is 13.1. The first-order chi connectivity index (χ1) is 15.0. The van der Waals surface area contributed by atoms with Crippen LogP contribution in [0.4, 0.5) is 5.69 Å². The van der Waals surface area contributed by atoms with Gasteiger partial charge in [-0.05, 0) is 50.1 Å². The van der Waals surface area contributed by atoms with E-state index in [1.54, 1.807) is 9.36 Å². The van der Waals surface area contributed by atoms with Crippen molar-refractivity contribution < 1.29 is 4.79 Å². The highest BCUT2D eigenvalue weighted by molar-refractivity contribution is 6.31. The third-order valence-corrected chi connectivity index (χ3v) is 6.40. The highest BCUT2D eigenvalue weighted by Crippen LogP contribution is 2.23. The van der Waals surface area contributed by atoms with Crippen molar-refractivity contribution in [3.63, 3.8) is 0 Å². The number of halogens is 1. The van der Waals surface area contributed by atoms with Gasteiger partial charge in [-0.1, -0.05) is 48.0 Å². The number of rotatable bonds is 5. The second-order valence-corrected chi connectivity index (χ2v) is 8.50. The van der Waals surface area contributed by atoms with E-state index < -0.39 is 0 Å². The fraction of sp³-hybridized carbons (Fsp3) is 0.333. The second kappa shape index (κ2) is 9.12. The number of aromatic nitrogens is 2. The van der Waals surface area contributed by atoms with Crippen molar-refractivity contribution in [1.29, 1.82) is 0 Å². The zero-order valence-electron chi connectivity index (χ0n) is 17.8. The average Bonchev–Trinajstić information content (AvgIpc) is 2.99. The number of benzene rings is 2. The van der Waals surface area contributed by atoms with Gasteiger partial charge >= 0.3 is 0 Å². The lowest BCUT2D eigenvalue weighted by atomic mass is 9.96. The molecule has 0 bridgehead atoms. The Morgan fingerprint density at radius 1 is 1.13 bits per heavy atom. The Bertz CT molecular complexity index is 1140. The van der Waals surface area contributed by atoms with Gasteiger partial charge in [-0.15, -0.1) is 0 Å². The highest BCUT2D eigenvalue weighted by atomic mass is 35.5. The molecule has 2 heterocycles. The maximum absolute atomic E-state index is 13.1. The Labute approximate surface area is 187 Å². The van der Waals surface area contributed by atoms with Crippen LogP contribution in [0.2, 0.25) is 5.02 Å². The number of anilines is 1. The van der Waals surface area contributed by atoms with E-state index >= 15 is 0 Å². The molecule has 0 aliphatic carbocycles. The zero-order chi connectivity index (χ0) is 22.0. The van der Waals surface area contributed by atoms with E-state index in [-0.39, 0.29) is 17.4 Å². The molecule has 0 saturated carbocycles. The predicted molar refractivity (Wildman–Crippen MR) is 124 cm³/mol. The molecule has 3 aromatic rings. The Kier molecular flexibility index (Phi) is 6.30. The van der Waals surface area contributed by atoms with Gasteiger partial charge in [0.25, 0.3) is 5.56 Å². The monoisotopic (exact) mass is 438 g/mol. The fourth-order valence-corrected chi connectivity index (χ4v) is 4.41. The summed E-state index contributed by atoms with van der Waals surface area (Å²) >= 11 is 6.31. The number of amides is 1. The minimum absolute atomic E-state index is 0.102. The van der Waals surface area contributed by atoms with Crippen molar-refractivity contribution in [2.75, 3.05) is 18.4 Å². The molecule has 31 heavy (non-hydrogen) atoms. The summed E-state index contributed by atoms with van der Waals surface area (Å²) in [4.78, 5) is 28.4. The minimum Gasteiger partial charge on any atom is -0.320 e. The quantitative estimate of drug-likeness (QED) is 0.655. The Morgan fingerprint density at radius 2 is 1.84 bits per heavy atom. The zero-order valence-corrected chi connectivity index (χ0v) is 18.6. The van der Waals surface area contributed by atoms with E-state index in [1.807, 2.05) is 68.6 Å². The van der Waals surface area contributed by atoms with Crippen LogP contribution in [0.1, 0.15) is 24.1 Å². The van der Waals surface area contributed by atoms with Crippen LogP contribution in [0.5, 0.6) is 0 Å². The summed E-state index contributed by atoms with van der Waals surface area (Å²) in [5.74, 6) is -0.268. The first-order valence-corrected chi connectivity index (χ1v) is 10.9. The first-order valence-electron chi connectivity index (χ1n) is 10.6. The van der Waals surface area contributed by atoms with Crippen molar-refractivity contribution >= 4 is 23.2 Å². The lowest BCUT2D eigenvalue weighted by Gasteiger charge is -2.32. The third kappa shape index (κ3) is 4.45. The van der Waals surface area contributed by atoms with Crippen LogP contribution >= 0.6 is 11.6 Å². The number of hydrogen-bond donors (Lipinski definition) is 1. The lowest BCUT2D eigenvalue weighted by Crippen LogP contribution is -2.40. The molecule has 1 atom stereocenters. The molecule has 0 radical (unpaired) electrons. The van der Waals surface area contributed by atoms with Crippen molar-refractivity contribution in [3.05, 3.63) is 81.2 Å². The molecule has 6 nitrogen and oxygen atoms in total. The van der Waals surface area contributed by atoms with Gasteiger partial charge in [-0.2, -0.15) is 0 Å². The maximum Gasteiger partial charge on any atom is 0.295 e. The SMILES string of the molecule is Cc1c(NC(=O)C2CCCN(Cc3ccccc3Cl)C2)c(=O)n(-c2ccccc2)n1C. The average molecular weight is 439 g/mol. The topological polar surface area (TPSA) is 59.3 Å². The molecule has 1 aromatic heterocycles. The van der Waals surface area contributed by atoms with E-state index in [4.69, 9.17) is 11.6 Å². The molecule has 1 fully saturated rings. The normalized spacial score (nSPS) is 16.9. The van der Waals surface area contributed by atoms with Crippen LogP contribution < -0.4 is 10.9 Å². The number of para-hydroxylation sites is 1. The van der Waals surface area contributed by atoms with Crippen LogP contribution in [-0.2, 0) is 18.4 Å². The smallest absolute Gasteiger partial charge is 0.295 e. The van der Waals surface area contributed by atoms with Crippen LogP contribution in [0.25, 0.3) is 5.69 Å². The number of carbonyl (C=O) groups is 1. The van der Waals surface area contributed by atoms with E-state index in [2.05, 4.69) is 10.2 Å². The summed E-state index contributed by atoms with van der Waals surface area (Å²) < 4.78 is 3.35. The van der Waals surface area contributed by atoms with E-state index in [0.717, 1.165) is 41.4 Å². The van der Waals surface area contributed by atoms with E-state index in [1.165, 1.54) is 0 Å². The van der Waals surface area contributed by atoms with Crippen molar-refractivity contribution in [1.82, 2.24) is 14.3 Å². The highest BCUT2D eigenvalue weighted by Gasteiger charge is 2.28. The number of likely N-dealkylation sites (tertiary alicyclic amines) is 1. The molecule has 2 aromatic carbocycles. The fourth-order valence-electron chi connectivity index (χ4n) is 4.22. The van der Waals surface area contributed by atoms with E-state index in [0.29, 0.717) is 18.8 Å². The molecule has 1 unspecified atom stereocenters. The second-order valence-electron chi connectivity index (χ2n) is 8.09. The van der Waals surface area contributed by atoms with Gasteiger partial charge in [0.2, 0.25) is 5.91 Å². The molecule has 1 N–H and O–H groups in total. The molecule has 1 aliphatic rings. The van der Waals surface area contributed by atoms with Crippen LogP contribution in [0.3, 0.4) is 0 Å². The molecule has 162 valence electrons. The number of nitrogens with one attached hydrogen (secondary N) is 1. The number of hydrogen-bond acceptors (Lipinski definition) is 3. The molecule has 4 rings (SSSR count). The summed E-state index contributed by atoms with van der Waals surface area (Å²) in [6, 6.07) is 17.2. The Balaban J connectivity index is 1.49. The molecule has 1 aliphatic heterocycles. The van der Waals surface area contributed by atoms with Gasteiger partial charge in [-0.3, -0.25) is 19.2 Å². The van der Waals surface area contributed by atoms with Gasteiger partial charge < -0.3 is 5.32 Å². The molecular weight excluding hydrogens is 412 g/mol. The van der Waals surface area contributed by atoms with Gasteiger partial charge in [-0.25, -0.2) is 4.68 Å². The molecule has 0 spiro atoms. The summed E-state index contributed by atoms with van der Waals surface area (Å²) in [6.07, 6.45) is 1.74. The lowest BCUT2D eigenvalue weighted by molar-refractivity contribution is -0.121. The Hall–Kier alpha value is -2.83. The number of piperidine rings is 1. The predicted octanol–water partition coefficient (Wildman–Crippen LogP) is 3.99. The van der Waals surface area contributed by atoms with Crippen LogP contribution in [-0.4, -0.2) is 33.3 Å². The largest absolute Gasteiger partial charge is 0.320 e. The molecule has 7 heteroatoms. The van der Waals surface area contributed by atoms with Gasteiger partial charge in [0, 0.05) is 25.2 Å². The summed E-state index contributed by atoms with van der Waals surface area (Å²) in [6.45, 7) is 4.14.